The van der Waals surface area contributed by atoms with Gasteiger partial charge in [-0.1, -0.05) is 16.8 Å². The molecule has 2 N–H and O–H groups in total. The highest BCUT2D eigenvalue weighted by molar-refractivity contribution is 14.0. The molecule has 0 atom stereocenters. The lowest BCUT2D eigenvalue weighted by atomic mass is 9.85. The minimum atomic E-state index is -4.10. The molecule has 0 bridgehead atoms. The molecule has 1 aliphatic rings. The van der Waals surface area contributed by atoms with Crippen molar-refractivity contribution in [2.24, 2.45) is 10.9 Å². The fourth-order valence-corrected chi connectivity index (χ4v) is 3.54. The number of guanidine groups is 1. The van der Waals surface area contributed by atoms with Crippen LogP contribution < -0.4 is 10.6 Å². The van der Waals surface area contributed by atoms with Crippen LogP contribution in [0.5, 0.6) is 0 Å². The molecule has 1 fully saturated rings. The van der Waals surface area contributed by atoms with E-state index in [4.69, 9.17) is 16.1 Å². The Morgan fingerprint density at radius 3 is 2.48 bits per heavy atom. The van der Waals surface area contributed by atoms with Gasteiger partial charge in [-0.15, -0.1) is 24.0 Å². The largest absolute Gasteiger partial charge is 0.391 e. The lowest BCUT2D eigenvalue weighted by Crippen LogP contribution is -2.46. The first-order valence-electron chi connectivity index (χ1n) is 10.0. The number of nitrogens with zero attached hydrogens (tertiary/aromatic N) is 3. The van der Waals surface area contributed by atoms with Crippen molar-refractivity contribution in [3.63, 3.8) is 0 Å². The number of benzene rings is 1. The van der Waals surface area contributed by atoms with E-state index < -0.39 is 12.1 Å². The van der Waals surface area contributed by atoms with Gasteiger partial charge >= 0.3 is 6.18 Å². The van der Waals surface area contributed by atoms with E-state index in [-0.39, 0.29) is 42.9 Å². The summed E-state index contributed by atoms with van der Waals surface area (Å²) in [6, 6.07) is 7.13. The first kappa shape index (κ1) is 25.7. The van der Waals surface area contributed by atoms with Crippen LogP contribution in [0.1, 0.15) is 38.5 Å². The molecule has 0 radical (unpaired) electrons. The average molecular weight is 572 g/mol. The molecule has 6 nitrogen and oxygen atoms in total. The normalized spacial score (nSPS) is 19.6. The first-order chi connectivity index (χ1) is 14.3. The Bertz CT molecular complexity index is 836. The van der Waals surface area contributed by atoms with Crippen LogP contribution in [0, 0.1) is 5.92 Å². The topological polar surface area (TPSA) is 75.3 Å². The Kier molecular flexibility index (Phi) is 9.86. The van der Waals surface area contributed by atoms with Crippen LogP contribution in [0.3, 0.4) is 0 Å². The Morgan fingerprint density at radius 1 is 1.19 bits per heavy atom. The maximum Gasteiger partial charge on any atom is 0.391 e. The minimum absolute atomic E-state index is 0. The Hall–Kier alpha value is -1.56. The molecule has 1 aromatic carbocycles. The van der Waals surface area contributed by atoms with E-state index in [9.17, 15) is 13.2 Å². The molecule has 1 aromatic heterocycles. The number of nitrogens with one attached hydrogen (secondary N) is 2. The maximum atomic E-state index is 12.8. The summed E-state index contributed by atoms with van der Waals surface area (Å²) in [5.74, 6) is 0.343. The van der Waals surface area contributed by atoms with Gasteiger partial charge in [0.15, 0.2) is 5.96 Å². The zero-order valence-corrected chi connectivity index (χ0v) is 20.2. The van der Waals surface area contributed by atoms with E-state index in [1.807, 2.05) is 19.1 Å². The van der Waals surface area contributed by atoms with Gasteiger partial charge in [-0.05, 0) is 56.9 Å². The summed E-state index contributed by atoms with van der Waals surface area (Å²) in [7, 11) is 0. The van der Waals surface area contributed by atoms with Crippen LogP contribution in [0.4, 0.5) is 13.2 Å². The lowest BCUT2D eigenvalue weighted by Gasteiger charge is -2.31. The maximum absolute atomic E-state index is 12.8. The van der Waals surface area contributed by atoms with Gasteiger partial charge in [0.2, 0.25) is 11.7 Å². The van der Waals surface area contributed by atoms with Crippen LogP contribution >= 0.6 is 35.6 Å². The van der Waals surface area contributed by atoms with E-state index in [0.717, 1.165) is 5.56 Å². The molecule has 1 saturated carbocycles. The van der Waals surface area contributed by atoms with Crippen molar-refractivity contribution in [3.8, 4) is 11.4 Å². The second-order valence-electron chi connectivity index (χ2n) is 7.26. The highest BCUT2D eigenvalue weighted by Crippen LogP contribution is 2.37. The summed E-state index contributed by atoms with van der Waals surface area (Å²) in [5, 5.41) is 11.0. The van der Waals surface area contributed by atoms with Gasteiger partial charge in [0, 0.05) is 29.6 Å². The van der Waals surface area contributed by atoms with Crippen molar-refractivity contribution in [1.29, 1.82) is 0 Å². The van der Waals surface area contributed by atoms with Crippen molar-refractivity contribution in [3.05, 3.63) is 35.2 Å². The van der Waals surface area contributed by atoms with E-state index >= 15 is 0 Å². The number of hydrogen-bond acceptors (Lipinski definition) is 4. The highest BCUT2D eigenvalue weighted by Gasteiger charge is 2.41. The zero-order valence-electron chi connectivity index (χ0n) is 17.1. The van der Waals surface area contributed by atoms with Crippen molar-refractivity contribution in [2.75, 3.05) is 13.1 Å². The Labute approximate surface area is 201 Å². The third-order valence-electron chi connectivity index (χ3n) is 5.04. The van der Waals surface area contributed by atoms with Gasteiger partial charge < -0.3 is 15.2 Å². The van der Waals surface area contributed by atoms with Crippen LogP contribution in [0.2, 0.25) is 5.02 Å². The van der Waals surface area contributed by atoms with Crippen LogP contribution in [0.15, 0.2) is 33.8 Å². The number of halogens is 5. The van der Waals surface area contributed by atoms with Gasteiger partial charge in [0.25, 0.3) is 0 Å². The Balaban J connectivity index is 0.00000341. The molecule has 0 amide bonds. The first-order valence-corrected chi connectivity index (χ1v) is 10.4. The number of aliphatic imine (C=N–C) groups is 1. The predicted molar refractivity (Wildman–Crippen MR) is 125 cm³/mol. The van der Waals surface area contributed by atoms with E-state index in [1.54, 1.807) is 12.1 Å². The fourth-order valence-electron chi connectivity index (χ4n) is 3.41. The number of aromatic nitrogens is 2. The molecule has 1 aliphatic carbocycles. The van der Waals surface area contributed by atoms with E-state index in [1.165, 1.54) is 0 Å². The molecule has 3 rings (SSSR count). The van der Waals surface area contributed by atoms with Gasteiger partial charge in [-0.3, -0.25) is 4.99 Å². The lowest BCUT2D eigenvalue weighted by molar-refractivity contribution is -0.182. The van der Waals surface area contributed by atoms with E-state index in [0.29, 0.717) is 55.0 Å². The molecule has 0 aliphatic heterocycles. The second kappa shape index (κ2) is 11.9. The van der Waals surface area contributed by atoms with E-state index in [2.05, 4.69) is 25.8 Å². The molecule has 1 heterocycles. The summed E-state index contributed by atoms with van der Waals surface area (Å²) in [5.41, 5.74) is 0.808. The SMILES string of the molecule is CCNC(=NCCc1nc(-c2ccc(Cl)cc2)no1)NC1CCC(C(F)(F)F)CC1.I. The third-order valence-corrected chi connectivity index (χ3v) is 5.29. The van der Waals surface area contributed by atoms with Crippen molar-refractivity contribution >= 4 is 41.5 Å². The fraction of sp³-hybridized carbons (Fsp3) is 0.550. The minimum Gasteiger partial charge on any atom is -0.357 e. The molecule has 0 unspecified atom stereocenters. The summed E-state index contributed by atoms with van der Waals surface area (Å²) in [6.45, 7) is 3.01. The van der Waals surface area contributed by atoms with Crippen LogP contribution in [-0.2, 0) is 6.42 Å². The summed E-state index contributed by atoms with van der Waals surface area (Å²) >= 11 is 5.88. The molecule has 0 saturated heterocycles. The molecular weight excluding hydrogens is 546 g/mol. The summed E-state index contributed by atoms with van der Waals surface area (Å²) in [6.07, 6.45) is -2.39. The second-order valence-corrected chi connectivity index (χ2v) is 7.70. The monoisotopic (exact) mass is 571 g/mol. The van der Waals surface area contributed by atoms with Gasteiger partial charge in [-0.25, -0.2) is 0 Å². The molecule has 2 aromatic rings. The van der Waals surface area contributed by atoms with Crippen LogP contribution in [-0.4, -0.2) is 41.4 Å². The Morgan fingerprint density at radius 2 is 1.87 bits per heavy atom. The summed E-state index contributed by atoms with van der Waals surface area (Å²) < 4.78 is 43.7. The van der Waals surface area contributed by atoms with Gasteiger partial charge in [0.1, 0.15) is 0 Å². The quantitative estimate of drug-likeness (QED) is 0.282. The number of hydrogen-bond donors (Lipinski definition) is 2. The molecule has 0 spiro atoms. The molecular formula is C20H26ClF3IN5O. The predicted octanol–water partition coefficient (Wildman–Crippen LogP) is 5.23. The van der Waals surface area contributed by atoms with Crippen molar-refractivity contribution < 1.29 is 17.7 Å². The standard InChI is InChI=1S/C20H25ClF3N5O.HI/c1-2-25-19(27-16-9-5-14(6-10-16)20(22,23)24)26-12-11-17-28-18(29-30-17)13-3-7-15(21)8-4-13;/h3-4,7-8,14,16H,2,5-6,9-12H2,1H3,(H2,25,26,27);1H. The number of rotatable bonds is 6. The molecule has 31 heavy (non-hydrogen) atoms. The molecule has 11 heteroatoms. The highest BCUT2D eigenvalue weighted by atomic mass is 127. The van der Waals surface area contributed by atoms with Crippen molar-refractivity contribution in [2.45, 2.75) is 51.2 Å². The molecule has 172 valence electrons. The van der Waals surface area contributed by atoms with Crippen LogP contribution in [0.25, 0.3) is 11.4 Å². The smallest absolute Gasteiger partial charge is 0.357 e. The van der Waals surface area contributed by atoms with Gasteiger partial charge in [0.05, 0.1) is 12.5 Å². The average Bonchev–Trinajstić information content (AvgIpc) is 3.17. The number of alkyl halides is 3. The third kappa shape index (κ3) is 7.81. The zero-order chi connectivity index (χ0) is 21.6. The van der Waals surface area contributed by atoms with Crippen molar-refractivity contribution in [1.82, 2.24) is 20.8 Å². The summed E-state index contributed by atoms with van der Waals surface area (Å²) in [4.78, 5) is 8.85. The van der Waals surface area contributed by atoms with Gasteiger partial charge in [-0.2, -0.15) is 18.2 Å².